The Morgan fingerprint density at radius 1 is 0.933 bits per heavy atom. The fraction of sp³-hybridized carbons (Fsp3) is 0.273. The number of aliphatic hydroxyl groups excluding tert-OH is 3. The van der Waals surface area contributed by atoms with Gasteiger partial charge in [0.15, 0.2) is 22.1 Å². The van der Waals surface area contributed by atoms with Gasteiger partial charge >= 0.3 is 0 Å². The summed E-state index contributed by atoms with van der Waals surface area (Å²) in [5.41, 5.74) is 0.223. The number of imidazole rings is 1. The highest BCUT2D eigenvalue weighted by atomic mass is 79.9. The molecule has 5 aromatic rings. The highest BCUT2D eigenvalue weighted by Crippen LogP contribution is 2.45. The van der Waals surface area contributed by atoms with Gasteiger partial charge in [-0.3, -0.25) is 24.0 Å². The van der Waals surface area contributed by atoms with Crippen molar-refractivity contribution in [3.05, 3.63) is 123 Å². The number of carbonyl (C=O) groups is 1. The third kappa shape index (κ3) is 5.08. The number of carbonyl (C=O) groups excluding carboxylic acids is 1. The number of benzene rings is 3. The van der Waals surface area contributed by atoms with Crippen molar-refractivity contribution in [2.24, 2.45) is 5.92 Å². The van der Waals surface area contributed by atoms with Crippen molar-refractivity contribution in [2.75, 3.05) is 11.5 Å². The van der Waals surface area contributed by atoms with Crippen LogP contribution in [0.25, 0.3) is 11.2 Å². The summed E-state index contributed by atoms with van der Waals surface area (Å²) >= 11 is 3.35. The number of hydrogen-bond acceptors (Lipinski definition) is 8. The molecule has 0 saturated carbocycles. The van der Waals surface area contributed by atoms with Gasteiger partial charge in [0.25, 0.3) is 5.56 Å². The van der Waals surface area contributed by atoms with Gasteiger partial charge in [-0.25, -0.2) is 4.98 Å². The van der Waals surface area contributed by atoms with E-state index in [0.29, 0.717) is 0 Å². The number of aromatic nitrogens is 4. The van der Waals surface area contributed by atoms with Crippen LogP contribution in [0, 0.1) is 5.92 Å². The Bertz CT molecular complexity index is 1770. The fourth-order valence-electron chi connectivity index (χ4n) is 5.98. The number of anilines is 1. The Morgan fingerprint density at radius 2 is 1.44 bits per heavy atom. The molecule has 11 nitrogen and oxygen atoms in total. The molecule has 3 aromatic carbocycles. The molecule has 12 heteroatoms. The van der Waals surface area contributed by atoms with E-state index in [4.69, 9.17) is 9.72 Å². The Kier molecular flexibility index (Phi) is 8.42. The van der Waals surface area contributed by atoms with Gasteiger partial charge in [-0.05, 0) is 32.6 Å². The van der Waals surface area contributed by atoms with Gasteiger partial charge in [-0.15, -0.1) is 0 Å². The summed E-state index contributed by atoms with van der Waals surface area (Å²) in [6.07, 6.45) is -5.18. The Balaban J connectivity index is 1.70. The van der Waals surface area contributed by atoms with E-state index in [1.165, 1.54) is 9.47 Å². The molecular formula is C33H32BrN5O6. The third-order valence-electron chi connectivity index (χ3n) is 8.10. The van der Waals surface area contributed by atoms with Crippen LogP contribution in [0.15, 0.2) is 101 Å². The van der Waals surface area contributed by atoms with Crippen LogP contribution in [0.4, 0.5) is 5.95 Å². The van der Waals surface area contributed by atoms with E-state index >= 15 is 0 Å². The molecule has 0 spiro atoms. The zero-order valence-corrected chi connectivity index (χ0v) is 26.1. The number of aliphatic hydroxyl groups is 3. The molecule has 1 fully saturated rings. The molecule has 3 heterocycles. The Morgan fingerprint density at radius 3 is 1.89 bits per heavy atom. The summed E-state index contributed by atoms with van der Waals surface area (Å²) in [5, 5.41) is 31.0. The largest absolute Gasteiger partial charge is 0.394 e. The second-order valence-electron chi connectivity index (χ2n) is 11.2. The fourth-order valence-corrected chi connectivity index (χ4v) is 6.53. The Hall–Kier alpha value is -4.20. The number of ether oxygens (including phenoxy) is 1. The molecule has 0 aliphatic carbocycles. The number of nitrogens with zero attached hydrogens (tertiary/aromatic N) is 4. The minimum absolute atomic E-state index is 0.0000981. The molecule has 45 heavy (non-hydrogen) atoms. The molecule has 1 saturated heterocycles. The topological polar surface area (TPSA) is 154 Å². The molecule has 0 bridgehead atoms. The maximum absolute atomic E-state index is 14.6. The van der Waals surface area contributed by atoms with Gasteiger partial charge in [-0.1, -0.05) is 105 Å². The molecule has 4 atom stereocenters. The third-order valence-corrected chi connectivity index (χ3v) is 8.66. The number of H-pyrrole nitrogens is 1. The molecule has 1 amide bonds. The van der Waals surface area contributed by atoms with E-state index in [1.807, 2.05) is 91.0 Å². The Labute approximate surface area is 266 Å². The quantitative estimate of drug-likeness (QED) is 0.144. The number of amides is 1. The number of halogens is 1. The lowest BCUT2D eigenvalue weighted by molar-refractivity contribution is -0.122. The van der Waals surface area contributed by atoms with Crippen molar-refractivity contribution in [3.63, 3.8) is 0 Å². The monoisotopic (exact) mass is 673 g/mol. The average molecular weight is 675 g/mol. The van der Waals surface area contributed by atoms with Gasteiger partial charge in [0.05, 0.1) is 6.61 Å². The van der Waals surface area contributed by atoms with Crippen LogP contribution in [-0.2, 0) is 15.1 Å². The summed E-state index contributed by atoms with van der Waals surface area (Å²) in [7, 11) is 0. The molecule has 232 valence electrons. The molecule has 0 unspecified atom stereocenters. The SMILES string of the molecule is CC(C)C(=O)N(c1nc2c(nc(Br)n2[C@@H]2O[C@H](CO)[C@@H](O)[C@H]2O)c(=O)[nH]1)C(c1ccccc1)(c1ccccc1)c1ccccc1. The van der Waals surface area contributed by atoms with E-state index in [9.17, 15) is 24.9 Å². The van der Waals surface area contributed by atoms with Crippen LogP contribution in [-0.4, -0.2) is 65.7 Å². The maximum atomic E-state index is 14.6. The molecule has 1 aliphatic rings. The van der Waals surface area contributed by atoms with E-state index in [1.54, 1.807) is 13.8 Å². The first kappa shape index (κ1) is 30.8. The van der Waals surface area contributed by atoms with Crippen LogP contribution in [0.2, 0.25) is 0 Å². The first-order chi connectivity index (χ1) is 21.7. The lowest BCUT2D eigenvalue weighted by Crippen LogP contribution is -2.54. The number of nitrogens with one attached hydrogen (secondary N) is 1. The van der Waals surface area contributed by atoms with Crippen molar-refractivity contribution in [1.29, 1.82) is 0 Å². The lowest BCUT2D eigenvalue weighted by atomic mass is 9.75. The smallest absolute Gasteiger partial charge is 0.280 e. The van der Waals surface area contributed by atoms with Gasteiger partial charge in [0, 0.05) is 5.92 Å². The molecule has 4 N–H and O–H groups in total. The summed E-state index contributed by atoms with van der Waals surface area (Å²) in [5.74, 6) is -0.922. The van der Waals surface area contributed by atoms with Crippen LogP contribution >= 0.6 is 15.9 Å². The van der Waals surface area contributed by atoms with Gasteiger partial charge in [0.2, 0.25) is 11.9 Å². The van der Waals surface area contributed by atoms with Crippen LogP contribution in [0.1, 0.15) is 36.8 Å². The molecular weight excluding hydrogens is 642 g/mol. The molecule has 6 rings (SSSR count). The lowest BCUT2D eigenvalue weighted by Gasteiger charge is -2.45. The van der Waals surface area contributed by atoms with Gasteiger partial charge in [-0.2, -0.15) is 4.98 Å². The van der Waals surface area contributed by atoms with Crippen LogP contribution < -0.4 is 10.5 Å². The van der Waals surface area contributed by atoms with Crippen molar-refractivity contribution < 1.29 is 24.9 Å². The normalized spacial score (nSPS) is 20.2. The summed E-state index contributed by atoms with van der Waals surface area (Å²) in [6.45, 7) is 3.01. The van der Waals surface area contributed by atoms with Crippen LogP contribution in [0.3, 0.4) is 0 Å². The van der Waals surface area contributed by atoms with Gasteiger partial charge < -0.3 is 20.1 Å². The van der Waals surface area contributed by atoms with Gasteiger partial charge in [0.1, 0.15) is 23.9 Å². The van der Waals surface area contributed by atoms with E-state index in [2.05, 4.69) is 25.9 Å². The van der Waals surface area contributed by atoms with E-state index in [0.717, 1.165) is 16.7 Å². The van der Waals surface area contributed by atoms with E-state index < -0.39 is 48.2 Å². The summed E-state index contributed by atoms with van der Waals surface area (Å²) < 4.78 is 7.22. The van der Waals surface area contributed by atoms with Crippen molar-refractivity contribution in [3.8, 4) is 0 Å². The number of hydrogen-bond donors (Lipinski definition) is 4. The van der Waals surface area contributed by atoms with E-state index in [-0.39, 0.29) is 27.8 Å². The first-order valence-electron chi connectivity index (χ1n) is 14.5. The standard InChI is InChI=1S/C33H32BrN5O6/c1-19(2)29(44)39(33(20-12-6-3-7-13-20,21-14-8-4-9-15-21)22-16-10-5-11-17-22)32-36-27-24(28(43)37-32)35-31(34)38(27)30-26(42)25(41)23(18-40)45-30/h3-17,19,23,25-26,30,40-42H,18H2,1-2H3,(H,36,37,43)/t23-,25-,26-,30-/m1/s1. The average Bonchev–Trinajstić information content (AvgIpc) is 3.54. The first-order valence-corrected chi connectivity index (χ1v) is 15.3. The van der Waals surface area contributed by atoms with Crippen LogP contribution in [0.5, 0.6) is 0 Å². The van der Waals surface area contributed by atoms with Crippen molar-refractivity contribution in [2.45, 2.75) is 43.9 Å². The number of fused-ring (bicyclic) bond motifs is 1. The molecule has 2 aromatic heterocycles. The van der Waals surface area contributed by atoms with Crippen molar-refractivity contribution >= 4 is 38.9 Å². The second kappa shape index (κ2) is 12.3. The van der Waals surface area contributed by atoms with Crippen molar-refractivity contribution in [1.82, 2.24) is 19.5 Å². The zero-order valence-electron chi connectivity index (χ0n) is 24.5. The highest BCUT2D eigenvalue weighted by molar-refractivity contribution is 9.10. The number of aromatic amines is 1. The second-order valence-corrected chi connectivity index (χ2v) is 11.9. The minimum atomic E-state index is -1.47. The zero-order chi connectivity index (χ0) is 31.9. The maximum Gasteiger partial charge on any atom is 0.280 e. The molecule has 1 aliphatic heterocycles. The summed E-state index contributed by atoms with van der Waals surface area (Å²) in [4.78, 5) is 41.8. The summed E-state index contributed by atoms with van der Waals surface area (Å²) in [6, 6.07) is 28.6. The highest BCUT2D eigenvalue weighted by Gasteiger charge is 2.48. The number of rotatable bonds is 8. The predicted octanol–water partition coefficient (Wildman–Crippen LogP) is 3.47. The minimum Gasteiger partial charge on any atom is -0.394 e. The molecule has 0 radical (unpaired) electrons. The predicted molar refractivity (Wildman–Crippen MR) is 170 cm³/mol.